The Hall–Kier alpha value is -1.53. The summed E-state index contributed by atoms with van der Waals surface area (Å²) in [5, 5.41) is 0. The maximum Gasteiger partial charge on any atom is 0.494 e. The highest BCUT2D eigenvalue weighted by molar-refractivity contribution is 6.62. The molecule has 0 atom stereocenters. The van der Waals surface area contributed by atoms with Crippen LogP contribution in [0.5, 0.6) is 0 Å². The third kappa shape index (κ3) is 4.55. The van der Waals surface area contributed by atoms with Gasteiger partial charge in [0.15, 0.2) is 0 Å². The van der Waals surface area contributed by atoms with Crippen LogP contribution in [0.1, 0.15) is 72.4 Å². The molecule has 6 heteroatoms. The summed E-state index contributed by atoms with van der Waals surface area (Å²) in [6, 6.07) is 6.52. The molecule has 0 N–H and O–H groups in total. The van der Waals surface area contributed by atoms with Gasteiger partial charge in [0.1, 0.15) is 5.60 Å². The van der Waals surface area contributed by atoms with Crippen LogP contribution in [0, 0.1) is 6.92 Å². The second-order valence-electron chi connectivity index (χ2n) is 10.1. The third-order valence-electron chi connectivity index (χ3n) is 5.85. The maximum absolute atomic E-state index is 12.6. The summed E-state index contributed by atoms with van der Waals surface area (Å²) in [4.78, 5) is 14.5. The quantitative estimate of drug-likeness (QED) is 0.727. The minimum absolute atomic E-state index is 0.232. The first kappa shape index (κ1) is 21.2. The number of amides is 1. The summed E-state index contributed by atoms with van der Waals surface area (Å²) in [6.45, 7) is 16.6. The highest BCUT2D eigenvalue weighted by atomic mass is 16.7. The van der Waals surface area contributed by atoms with Crippen LogP contribution >= 0.6 is 0 Å². The Kier molecular flexibility index (Phi) is 5.35. The van der Waals surface area contributed by atoms with Crippen molar-refractivity contribution in [2.24, 2.45) is 0 Å². The van der Waals surface area contributed by atoms with E-state index in [-0.39, 0.29) is 30.5 Å². The van der Waals surface area contributed by atoms with E-state index < -0.39 is 5.60 Å². The van der Waals surface area contributed by atoms with Gasteiger partial charge in [-0.25, -0.2) is 4.79 Å². The van der Waals surface area contributed by atoms with E-state index in [1.807, 2.05) is 31.7 Å². The van der Waals surface area contributed by atoms with Gasteiger partial charge in [0.25, 0.3) is 0 Å². The van der Waals surface area contributed by atoms with Crippen LogP contribution in [0.3, 0.4) is 0 Å². The Morgan fingerprint density at radius 2 is 1.75 bits per heavy atom. The Morgan fingerprint density at radius 3 is 2.21 bits per heavy atom. The molecule has 0 bridgehead atoms. The first-order chi connectivity index (χ1) is 12.8. The highest BCUT2D eigenvalue weighted by Crippen LogP contribution is 2.36. The van der Waals surface area contributed by atoms with Gasteiger partial charge in [-0.3, -0.25) is 0 Å². The summed E-state index contributed by atoms with van der Waals surface area (Å²) in [5.41, 5.74) is 2.06. The minimum atomic E-state index is -0.486. The van der Waals surface area contributed by atoms with Crippen molar-refractivity contribution in [2.45, 2.75) is 97.6 Å². The molecule has 0 unspecified atom stereocenters. The van der Waals surface area contributed by atoms with Crippen LogP contribution in [0.25, 0.3) is 0 Å². The van der Waals surface area contributed by atoms with Crippen LogP contribution < -0.4 is 5.46 Å². The molecular weight excluding hydrogens is 353 g/mol. The Bertz CT molecular complexity index is 733. The van der Waals surface area contributed by atoms with Crippen LogP contribution in [0.15, 0.2) is 18.2 Å². The smallest absolute Gasteiger partial charge is 0.444 e. The van der Waals surface area contributed by atoms with E-state index >= 15 is 0 Å². The summed E-state index contributed by atoms with van der Waals surface area (Å²) in [6.07, 6.45) is 1.86. The van der Waals surface area contributed by atoms with Gasteiger partial charge in [-0.05, 0) is 84.8 Å². The average Bonchev–Trinajstić information content (AvgIpc) is 3.31. The first-order valence-corrected chi connectivity index (χ1v) is 10.2. The van der Waals surface area contributed by atoms with E-state index in [1.54, 1.807) is 0 Å². The first-order valence-electron chi connectivity index (χ1n) is 10.2. The lowest BCUT2D eigenvalue weighted by atomic mass is 9.78. The molecule has 1 aromatic rings. The lowest BCUT2D eigenvalue weighted by Gasteiger charge is -2.32. The topological polar surface area (TPSA) is 48.0 Å². The summed E-state index contributed by atoms with van der Waals surface area (Å²) in [5.74, 6) is 0. The van der Waals surface area contributed by atoms with Gasteiger partial charge in [-0.1, -0.05) is 18.2 Å². The third-order valence-corrected chi connectivity index (χ3v) is 5.85. The zero-order valence-electron chi connectivity index (χ0n) is 18.6. The van der Waals surface area contributed by atoms with E-state index in [1.165, 1.54) is 0 Å². The molecule has 1 saturated heterocycles. The molecule has 0 aromatic heterocycles. The number of carbonyl (C=O) groups is 1. The largest absolute Gasteiger partial charge is 0.494 e. The number of carbonyl (C=O) groups excluding carboxylic acids is 1. The van der Waals surface area contributed by atoms with Gasteiger partial charge < -0.3 is 18.9 Å². The molecule has 1 aromatic carbocycles. The van der Waals surface area contributed by atoms with Crippen molar-refractivity contribution in [3.8, 4) is 0 Å². The average molecular weight is 387 g/mol. The zero-order chi connectivity index (χ0) is 20.9. The number of ether oxygens (including phenoxy) is 1. The van der Waals surface area contributed by atoms with Gasteiger partial charge in [0, 0.05) is 12.6 Å². The van der Waals surface area contributed by atoms with Crippen molar-refractivity contribution in [3.05, 3.63) is 29.3 Å². The van der Waals surface area contributed by atoms with Crippen molar-refractivity contribution in [1.82, 2.24) is 4.90 Å². The van der Waals surface area contributed by atoms with Gasteiger partial charge in [0.2, 0.25) is 0 Å². The molecule has 154 valence electrons. The molecule has 5 nitrogen and oxygen atoms in total. The molecule has 28 heavy (non-hydrogen) atoms. The molecule has 0 radical (unpaired) electrons. The van der Waals surface area contributed by atoms with Crippen LogP contribution in [-0.4, -0.2) is 41.0 Å². The molecule has 0 spiro atoms. The zero-order valence-corrected chi connectivity index (χ0v) is 18.6. The number of hydrogen-bond acceptors (Lipinski definition) is 4. The van der Waals surface area contributed by atoms with Crippen molar-refractivity contribution in [3.63, 3.8) is 0 Å². The van der Waals surface area contributed by atoms with E-state index in [0.717, 1.165) is 29.4 Å². The second kappa shape index (κ2) is 7.07. The predicted octanol–water partition coefficient (Wildman–Crippen LogP) is 4.19. The van der Waals surface area contributed by atoms with E-state index in [0.29, 0.717) is 6.54 Å². The maximum atomic E-state index is 12.6. The molecule has 1 heterocycles. The molecule has 1 amide bonds. The number of benzene rings is 1. The van der Waals surface area contributed by atoms with Crippen LogP contribution in [0.2, 0.25) is 0 Å². The molecule has 1 aliphatic heterocycles. The molecular formula is C22H34BNO4. The fraction of sp³-hybridized carbons (Fsp3) is 0.682. The number of rotatable bonds is 4. The Balaban J connectivity index is 1.74. The standard InChI is InChI=1S/C22H34BNO4/c1-15-13-17(23-27-21(5,6)22(7,8)28-23)10-9-16(15)14-24(18-11-12-18)19(25)26-20(2,3)4/h9-10,13,18H,11-12,14H2,1-8H3. The predicted molar refractivity (Wildman–Crippen MR) is 112 cm³/mol. The van der Waals surface area contributed by atoms with Crippen molar-refractivity contribution >= 4 is 18.7 Å². The minimum Gasteiger partial charge on any atom is -0.444 e. The molecule has 1 aliphatic carbocycles. The Morgan fingerprint density at radius 1 is 1.18 bits per heavy atom. The van der Waals surface area contributed by atoms with Crippen molar-refractivity contribution < 1.29 is 18.8 Å². The van der Waals surface area contributed by atoms with Crippen molar-refractivity contribution in [1.29, 1.82) is 0 Å². The summed E-state index contributed by atoms with van der Waals surface area (Å²) in [7, 11) is -0.372. The Labute approximate surface area is 169 Å². The molecule has 3 rings (SSSR count). The fourth-order valence-corrected chi connectivity index (χ4v) is 3.26. The lowest BCUT2D eigenvalue weighted by Crippen LogP contribution is -2.41. The number of hydrogen-bond donors (Lipinski definition) is 0. The SMILES string of the molecule is Cc1cc(B2OC(C)(C)C(C)(C)O2)ccc1CN(C(=O)OC(C)(C)C)C1CC1. The van der Waals surface area contributed by atoms with Gasteiger partial charge in [-0.2, -0.15) is 0 Å². The number of aryl methyl sites for hydroxylation is 1. The molecule has 1 saturated carbocycles. The van der Waals surface area contributed by atoms with Crippen molar-refractivity contribution in [2.75, 3.05) is 0 Å². The number of nitrogens with zero attached hydrogens (tertiary/aromatic N) is 1. The van der Waals surface area contributed by atoms with E-state index in [4.69, 9.17) is 14.0 Å². The highest BCUT2D eigenvalue weighted by Gasteiger charge is 2.51. The lowest BCUT2D eigenvalue weighted by molar-refractivity contribution is 0.00578. The summed E-state index contributed by atoms with van der Waals surface area (Å²) >= 11 is 0. The van der Waals surface area contributed by atoms with Gasteiger partial charge in [0.05, 0.1) is 11.2 Å². The van der Waals surface area contributed by atoms with E-state index in [9.17, 15) is 4.79 Å². The normalized spacial score (nSPS) is 20.9. The second-order valence-corrected chi connectivity index (χ2v) is 10.1. The van der Waals surface area contributed by atoms with Crippen LogP contribution in [0.4, 0.5) is 4.79 Å². The van der Waals surface area contributed by atoms with Gasteiger partial charge in [-0.15, -0.1) is 0 Å². The van der Waals surface area contributed by atoms with Crippen LogP contribution in [-0.2, 0) is 20.6 Å². The van der Waals surface area contributed by atoms with E-state index in [2.05, 4.69) is 46.8 Å². The monoisotopic (exact) mass is 387 g/mol. The molecule has 2 fully saturated rings. The van der Waals surface area contributed by atoms with Gasteiger partial charge >= 0.3 is 13.2 Å². The molecule has 2 aliphatic rings. The summed E-state index contributed by atoms with van der Waals surface area (Å²) < 4.78 is 17.9. The fourth-order valence-electron chi connectivity index (χ4n) is 3.26.